The van der Waals surface area contributed by atoms with Crippen LogP contribution < -0.4 is 11.2 Å². The number of nitrogens with zero attached hydrogens (tertiary/aromatic N) is 2. The van der Waals surface area contributed by atoms with E-state index in [0.29, 0.717) is 15.7 Å². The lowest BCUT2D eigenvalue weighted by molar-refractivity contribution is 0.0958. The zero-order valence-corrected chi connectivity index (χ0v) is 12.1. The first-order valence-corrected chi connectivity index (χ1v) is 7.09. The van der Waals surface area contributed by atoms with Gasteiger partial charge in [-0.2, -0.15) is 5.10 Å². The van der Waals surface area contributed by atoms with Crippen LogP contribution in [0.1, 0.15) is 20.9 Å². The number of hydrogen-bond acceptors (Lipinski definition) is 5. The summed E-state index contributed by atoms with van der Waals surface area (Å²) in [5, 5.41) is 5.41. The van der Waals surface area contributed by atoms with Gasteiger partial charge in [0.05, 0.1) is 11.9 Å². The lowest BCUT2D eigenvalue weighted by Gasteiger charge is -1.96. The number of fused-ring (bicyclic) bond motifs is 1. The van der Waals surface area contributed by atoms with Crippen molar-refractivity contribution in [1.82, 2.24) is 15.4 Å². The molecular formula is C14H13N5OS. The molecule has 21 heavy (non-hydrogen) atoms. The number of amides is 1. The number of thiazole rings is 1. The zero-order chi connectivity index (χ0) is 14.8. The molecule has 0 fully saturated rings. The van der Waals surface area contributed by atoms with E-state index < -0.39 is 0 Å². The van der Waals surface area contributed by atoms with Crippen molar-refractivity contribution < 1.29 is 4.79 Å². The molecule has 0 aliphatic heterocycles. The van der Waals surface area contributed by atoms with E-state index in [9.17, 15) is 4.79 Å². The predicted octanol–water partition coefficient (Wildman–Crippen LogP) is 2.28. The van der Waals surface area contributed by atoms with Crippen LogP contribution in [-0.4, -0.2) is 22.1 Å². The third kappa shape index (κ3) is 2.63. The molecule has 2 heterocycles. The Balaban J connectivity index is 1.75. The van der Waals surface area contributed by atoms with Crippen LogP contribution in [0.4, 0.5) is 5.13 Å². The Morgan fingerprint density at radius 1 is 1.48 bits per heavy atom. The van der Waals surface area contributed by atoms with E-state index in [4.69, 9.17) is 5.73 Å². The number of hydrazone groups is 1. The highest BCUT2D eigenvalue weighted by Crippen LogP contribution is 2.19. The molecule has 0 saturated carbocycles. The highest BCUT2D eigenvalue weighted by molar-refractivity contribution is 7.17. The summed E-state index contributed by atoms with van der Waals surface area (Å²) in [5.41, 5.74) is 10.6. The minimum Gasteiger partial charge on any atom is -0.375 e. The van der Waals surface area contributed by atoms with Gasteiger partial charge in [-0.25, -0.2) is 10.4 Å². The van der Waals surface area contributed by atoms with Crippen molar-refractivity contribution in [2.45, 2.75) is 6.92 Å². The summed E-state index contributed by atoms with van der Waals surface area (Å²) in [6.07, 6.45) is 3.45. The first-order valence-electron chi connectivity index (χ1n) is 6.27. The number of nitrogen functional groups attached to an aromatic ring is 1. The fourth-order valence-electron chi connectivity index (χ4n) is 2.04. The number of aryl methyl sites for hydroxylation is 1. The molecule has 7 heteroatoms. The summed E-state index contributed by atoms with van der Waals surface area (Å²) in [4.78, 5) is 19.6. The third-order valence-electron chi connectivity index (χ3n) is 3.01. The number of carbonyl (C=O) groups is 1. The lowest BCUT2D eigenvalue weighted by atomic mass is 10.2. The molecule has 2 aromatic heterocycles. The van der Waals surface area contributed by atoms with E-state index in [-0.39, 0.29) is 5.91 Å². The van der Waals surface area contributed by atoms with Gasteiger partial charge in [0.2, 0.25) is 0 Å². The first-order chi connectivity index (χ1) is 10.1. The smallest absolute Gasteiger partial charge is 0.283 e. The molecule has 3 rings (SSSR count). The molecule has 0 saturated heterocycles. The van der Waals surface area contributed by atoms with Crippen LogP contribution in [0.5, 0.6) is 0 Å². The normalized spacial score (nSPS) is 11.3. The molecule has 0 spiro atoms. The van der Waals surface area contributed by atoms with Crippen molar-refractivity contribution in [2.24, 2.45) is 5.10 Å². The van der Waals surface area contributed by atoms with E-state index in [0.717, 1.165) is 27.8 Å². The van der Waals surface area contributed by atoms with Gasteiger partial charge in [0.15, 0.2) is 5.13 Å². The Morgan fingerprint density at radius 2 is 2.29 bits per heavy atom. The molecule has 1 amide bonds. The Bertz CT molecular complexity index is 833. The number of aromatic nitrogens is 2. The molecule has 0 bridgehead atoms. The largest absolute Gasteiger partial charge is 0.375 e. The van der Waals surface area contributed by atoms with Crippen molar-refractivity contribution in [3.05, 3.63) is 46.6 Å². The molecule has 6 nitrogen and oxygen atoms in total. The number of rotatable bonds is 3. The van der Waals surface area contributed by atoms with Crippen molar-refractivity contribution in [1.29, 1.82) is 0 Å². The minimum absolute atomic E-state index is 0.308. The van der Waals surface area contributed by atoms with Crippen molar-refractivity contribution in [2.75, 3.05) is 5.73 Å². The van der Waals surface area contributed by atoms with E-state index in [1.165, 1.54) is 0 Å². The highest BCUT2D eigenvalue weighted by Gasteiger charge is 2.13. The predicted molar refractivity (Wildman–Crippen MR) is 84.6 cm³/mol. The molecule has 106 valence electrons. The monoisotopic (exact) mass is 299 g/mol. The van der Waals surface area contributed by atoms with Crippen LogP contribution in [0, 0.1) is 6.92 Å². The fourth-order valence-corrected chi connectivity index (χ4v) is 2.76. The maximum absolute atomic E-state index is 12.0. The molecule has 0 aliphatic rings. The number of H-pyrrole nitrogens is 1. The summed E-state index contributed by atoms with van der Waals surface area (Å²) >= 11 is 1.15. The van der Waals surface area contributed by atoms with Crippen molar-refractivity contribution >= 4 is 39.5 Å². The summed E-state index contributed by atoms with van der Waals surface area (Å²) in [7, 11) is 0. The maximum Gasteiger partial charge on any atom is 0.283 e. The number of aromatic amines is 1. The number of nitrogens with one attached hydrogen (secondary N) is 2. The van der Waals surface area contributed by atoms with Gasteiger partial charge in [0.1, 0.15) is 4.88 Å². The summed E-state index contributed by atoms with van der Waals surface area (Å²) < 4.78 is 0. The minimum atomic E-state index is -0.308. The third-order valence-corrected chi connectivity index (χ3v) is 4.00. The zero-order valence-electron chi connectivity index (χ0n) is 11.3. The number of para-hydroxylation sites is 1. The average molecular weight is 299 g/mol. The van der Waals surface area contributed by atoms with Gasteiger partial charge in [-0.1, -0.05) is 29.5 Å². The summed E-state index contributed by atoms with van der Waals surface area (Å²) in [6.45, 7) is 1.74. The second-order valence-electron chi connectivity index (χ2n) is 4.46. The number of nitrogens with two attached hydrogens (primary N) is 1. The number of anilines is 1. The standard InChI is InChI=1S/C14H13N5OS/c1-8-12(21-14(15)18-8)13(20)19-17-7-9-6-16-11-5-3-2-4-10(9)11/h2-7,16H,1H3,(H2,15,18)(H,19,20)/b17-7-. The van der Waals surface area contributed by atoms with E-state index in [1.807, 2.05) is 30.5 Å². The lowest BCUT2D eigenvalue weighted by Crippen LogP contribution is -2.17. The Labute approximate surface area is 124 Å². The van der Waals surface area contributed by atoms with Crippen LogP contribution >= 0.6 is 11.3 Å². The van der Waals surface area contributed by atoms with E-state index >= 15 is 0 Å². The SMILES string of the molecule is Cc1nc(N)sc1C(=O)N/N=C\c1c[nH]c2ccccc12. The summed E-state index contributed by atoms with van der Waals surface area (Å²) in [5.74, 6) is -0.308. The fraction of sp³-hybridized carbons (Fsp3) is 0.0714. The molecule has 0 unspecified atom stereocenters. The Hall–Kier alpha value is -2.67. The Kier molecular flexibility index (Phi) is 3.41. The molecule has 4 N–H and O–H groups in total. The van der Waals surface area contributed by atoms with Crippen LogP contribution in [0.25, 0.3) is 10.9 Å². The number of hydrogen-bond donors (Lipinski definition) is 3. The van der Waals surface area contributed by atoms with E-state index in [2.05, 4.69) is 20.5 Å². The number of benzene rings is 1. The van der Waals surface area contributed by atoms with Crippen molar-refractivity contribution in [3.8, 4) is 0 Å². The van der Waals surface area contributed by atoms with Crippen LogP contribution in [-0.2, 0) is 0 Å². The van der Waals surface area contributed by atoms with Crippen LogP contribution in [0.3, 0.4) is 0 Å². The van der Waals surface area contributed by atoms with Crippen LogP contribution in [0.15, 0.2) is 35.6 Å². The average Bonchev–Trinajstić information content (AvgIpc) is 3.02. The van der Waals surface area contributed by atoms with Gasteiger partial charge in [-0.15, -0.1) is 0 Å². The maximum atomic E-state index is 12.0. The van der Waals surface area contributed by atoms with Gasteiger partial charge >= 0.3 is 0 Å². The molecule has 1 aromatic carbocycles. The molecule has 0 radical (unpaired) electrons. The Morgan fingerprint density at radius 3 is 3.05 bits per heavy atom. The molecule has 0 aliphatic carbocycles. The van der Waals surface area contributed by atoms with Gasteiger partial charge in [-0.3, -0.25) is 4.79 Å². The van der Waals surface area contributed by atoms with E-state index in [1.54, 1.807) is 13.1 Å². The van der Waals surface area contributed by atoms with Gasteiger partial charge < -0.3 is 10.7 Å². The second kappa shape index (κ2) is 5.37. The molecule has 3 aromatic rings. The topological polar surface area (TPSA) is 96.2 Å². The second-order valence-corrected chi connectivity index (χ2v) is 5.49. The van der Waals surface area contributed by atoms with Crippen LogP contribution in [0.2, 0.25) is 0 Å². The van der Waals surface area contributed by atoms with Gasteiger partial charge in [-0.05, 0) is 13.0 Å². The van der Waals surface area contributed by atoms with Gasteiger partial charge in [0, 0.05) is 22.7 Å². The first kappa shape index (κ1) is 13.3. The quantitative estimate of drug-likeness (QED) is 0.511. The molecular weight excluding hydrogens is 286 g/mol. The number of carbonyl (C=O) groups excluding carboxylic acids is 1. The summed E-state index contributed by atoms with van der Waals surface area (Å²) in [6, 6.07) is 7.88. The van der Waals surface area contributed by atoms with Crippen molar-refractivity contribution in [3.63, 3.8) is 0 Å². The highest BCUT2D eigenvalue weighted by atomic mass is 32.1. The molecule has 0 atom stereocenters. The van der Waals surface area contributed by atoms with Gasteiger partial charge in [0.25, 0.3) is 5.91 Å².